The minimum atomic E-state index is -0.0761. The average Bonchev–Trinajstić information content (AvgIpc) is 2.92. The summed E-state index contributed by atoms with van der Waals surface area (Å²) >= 11 is 0. The van der Waals surface area contributed by atoms with Gasteiger partial charge in [0.05, 0.1) is 12.3 Å². The molecule has 3 N–H and O–H groups in total. The molecule has 100 valence electrons. The Morgan fingerprint density at radius 1 is 1.56 bits per heavy atom. The Morgan fingerprint density at radius 3 is 3.00 bits per heavy atom. The number of furan rings is 1. The lowest BCUT2D eigenvalue weighted by molar-refractivity contribution is -0.128. The molecule has 0 aliphatic heterocycles. The average molecular weight is 250 g/mol. The van der Waals surface area contributed by atoms with Crippen LogP contribution in [0.1, 0.15) is 44.4 Å². The van der Waals surface area contributed by atoms with E-state index in [1.54, 1.807) is 6.26 Å². The van der Waals surface area contributed by atoms with Crippen molar-refractivity contribution in [2.75, 3.05) is 6.54 Å². The van der Waals surface area contributed by atoms with Crippen LogP contribution in [0.4, 0.5) is 0 Å². The molecule has 18 heavy (non-hydrogen) atoms. The van der Waals surface area contributed by atoms with E-state index < -0.39 is 0 Å². The largest absolute Gasteiger partial charge is 0.467 e. The first kappa shape index (κ1) is 13.1. The van der Waals surface area contributed by atoms with Crippen LogP contribution in [0.5, 0.6) is 0 Å². The van der Waals surface area contributed by atoms with Crippen molar-refractivity contribution in [2.24, 2.45) is 17.6 Å². The Hall–Kier alpha value is -1.29. The molecule has 1 saturated carbocycles. The lowest BCUT2D eigenvalue weighted by Gasteiger charge is -2.30. The Morgan fingerprint density at radius 2 is 2.33 bits per heavy atom. The maximum absolute atomic E-state index is 12.3. The van der Waals surface area contributed by atoms with Crippen molar-refractivity contribution in [2.45, 2.75) is 38.6 Å². The second kappa shape index (κ2) is 6.05. The number of hydrogen-bond donors (Lipinski definition) is 2. The molecule has 1 heterocycles. The summed E-state index contributed by atoms with van der Waals surface area (Å²) in [5, 5.41) is 3.03. The van der Waals surface area contributed by atoms with Gasteiger partial charge in [0.15, 0.2) is 0 Å². The molecule has 0 radical (unpaired) electrons. The highest BCUT2D eigenvalue weighted by atomic mass is 16.3. The summed E-state index contributed by atoms with van der Waals surface area (Å²) < 4.78 is 5.30. The Balaban J connectivity index is 1.94. The van der Waals surface area contributed by atoms with E-state index in [4.69, 9.17) is 10.2 Å². The number of amides is 1. The second-order valence-corrected chi connectivity index (χ2v) is 5.13. The van der Waals surface area contributed by atoms with Crippen LogP contribution in [0.15, 0.2) is 22.8 Å². The fourth-order valence-electron chi connectivity index (χ4n) is 2.76. The third-order valence-corrected chi connectivity index (χ3v) is 3.88. The predicted octanol–water partition coefficient (Wildman–Crippen LogP) is 2.22. The van der Waals surface area contributed by atoms with Gasteiger partial charge in [-0.1, -0.05) is 12.8 Å². The molecule has 0 aromatic carbocycles. The molecule has 1 aromatic rings. The first-order valence-electron chi connectivity index (χ1n) is 6.76. The molecule has 2 rings (SSSR count). The number of nitrogens with one attached hydrogen (secondary N) is 1. The highest BCUT2D eigenvalue weighted by molar-refractivity contribution is 5.79. The molecule has 0 bridgehead atoms. The summed E-state index contributed by atoms with van der Waals surface area (Å²) in [4.78, 5) is 12.3. The van der Waals surface area contributed by atoms with Crippen molar-refractivity contribution in [1.29, 1.82) is 0 Å². The maximum atomic E-state index is 12.3. The zero-order chi connectivity index (χ0) is 13.0. The summed E-state index contributed by atoms with van der Waals surface area (Å²) in [5.41, 5.74) is 5.76. The number of nitrogens with two attached hydrogens (primary N) is 1. The van der Waals surface area contributed by atoms with Gasteiger partial charge >= 0.3 is 0 Å². The van der Waals surface area contributed by atoms with Crippen LogP contribution >= 0.6 is 0 Å². The summed E-state index contributed by atoms with van der Waals surface area (Å²) in [7, 11) is 0. The van der Waals surface area contributed by atoms with E-state index in [1.165, 1.54) is 6.42 Å². The highest BCUT2D eigenvalue weighted by Gasteiger charge is 2.30. The molecule has 1 amide bonds. The molecule has 3 atom stereocenters. The quantitative estimate of drug-likeness (QED) is 0.861. The maximum Gasteiger partial charge on any atom is 0.224 e. The first-order valence-corrected chi connectivity index (χ1v) is 6.76. The van der Waals surface area contributed by atoms with Gasteiger partial charge in [-0.05, 0) is 44.4 Å². The van der Waals surface area contributed by atoms with E-state index >= 15 is 0 Å². The van der Waals surface area contributed by atoms with Crippen molar-refractivity contribution in [3.8, 4) is 0 Å². The van der Waals surface area contributed by atoms with E-state index in [9.17, 15) is 4.79 Å². The topological polar surface area (TPSA) is 68.3 Å². The third kappa shape index (κ3) is 2.93. The SMILES string of the molecule is C[C@H](NC(=O)C1CCCCC1CN)c1ccco1. The molecule has 4 heteroatoms. The highest BCUT2D eigenvalue weighted by Crippen LogP contribution is 2.30. The van der Waals surface area contributed by atoms with Crippen molar-refractivity contribution >= 4 is 5.91 Å². The van der Waals surface area contributed by atoms with Crippen molar-refractivity contribution in [3.63, 3.8) is 0 Å². The fourth-order valence-corrected chi connectivity index (χ4v) is 2.76. The Labute approximate surface area is 108 Å². The first-order chi connectivity index (χ1) is 8.72. The van der Waals surface area contributed by atoms with Gasteiger partial charge in [-0.15, -0.1) is 0 Å². The van der Waals surface area contributed by atoms with E-state index in [-0.39, 0.29) is 17.9 Å². The van der Waals surface area contributed by atoms with Crippen LogP contribution in [0, 0.1) is 11.8 Å². The molecule has 1 aromatic heterocycles. The standard InChI is InChI=1S/C14H22N2O2/c1-10(13-7-4-8-18-13)16-14(17)12-6-3-2-5-11(12)9-15/h4,7-8,10-12H,2-3,5-6,9,15H2,1H3,(H,16,17)/t10-,11?,12?/m0/s1. The fraction of sp³-hybridized carbons (Fsp3) is 0.643. The van der Waals surface area contributed by atoms with E-state index in [0.29, 0.717) is 12.5 Å². The molecule has 1 aliphatic rings. The number of rotatable bonds is 4. The van der Waals surface area contributed by atoms with Crippen LogP contribution in [0.25, 0.3) is 0 Å². The van der Waals surface area contributed by atoms with Crippen LogP contribution < -0.4 is 11.1 Å². The lowest BCUT2D eigenvalue weighted by Crippen LogP contribution is -2.40. The summed E-state index contributed by atoms with van der Waals surface area (Å²) in [6, 6.07) is 3.64. The van der Waals surface area contributed by atoms with Gasteiger partial charge in [-0.25, -0.2) is 0 Å². The normalized spacial score (nSPS) is 25.7. The van der Waals surface area contributed by atoms with Gasteiger partial charge in [0, 0.05) is 5.92 Å². The van der Waals surface area contributed by atoms with Crippen molar-refractivity contribution in [1.82, 2.24) is 5.32 Å². The van der Waals surface area contributed by atoms with Gasteiger partial charge in [-0.3, -0.25) is 4.79 Å². The van der Waals surface area contributed by atoms with Gasteiger partial charge in [0.25, 0.3) is 0 Å². The molecule has 0 saturated heterocycles. The summed E-state index contributed by atoms with van der Waals surface area (Å²) in [6.07, 6.45) is 5.98. The van der Waals surface area contributed by atoms with Gasteiger partial charge < -0.3 is 15.5 Å². The minimum Gasteiger partial charge on any atom is -0.467 e. The molecule has 1 fully saturated rings. The van der Waals surface area contributed by atoms with Crippen molar-refractivity contribution < 1.29 is 9.21 Å². The zero-order valence-corrected chi connectivity index (χ0v) is 10.9. The van der Waals surface area contributed by atoms with Gasteiger partial charge in [0.1, 0.15) is 5.76 Å². The Kier molecular flexibility index (Phi) is 4.42. The van der Waals surface area contributed by atoms with Crippen molar-refractivity contribution in [3.05, 3.63) is 24.2 Å². The smallest absolute Gasteiger partial charge is 0.224 e. The monoisotopic (exact) mass is 250 g/mol. The number of carbonyl (C=O) groups is 1. The third-order valence-electron chi connectivity index (χ3n) is 3.88. The lowest BCUT2D eigenvalue weighted by atomic mass is 9.78. The minimum absolute atomic E-state index is 0.0705. The molecule has 2 unspecified atom stereocenters. The van der Waals surface area contributed by atoms with Gasteiger partial charge in [-0.2, -0.15) is 0 Å². The molecule has 4 nitrogen and oxygen atoms in total. The molecular weight excluding hydrogens is 228 g/mol. The van der Waals surface area contributed by atoms with Gasteiger partial charge in [0.2, 0.25) is 5.91 Å². The molecular formula is C14H22N2O2. The second-order valence-electron chi connectivity index (χ2n) is 5.13. The summed E-state index contributed by atoms with van der Waals surface area (Å²) in [6.45, 7) is 2.55. The van der Waals surface area contributed by atoms with E-state index in [1.807, 2.05) is 19.1 Å². The van der Waals surface area contributed by atoms with Crippen LogP contribution in [-0.2, 0) is 4.79 Å². The summed E-state index contributed by atoms with van der Waals surface area (Å²) in [5.74, 6) is 1.32. The van der Waals surface area contributed by atoms with Crippen LogP contribution in [0.3, 0.4) is 0 Å². The molecule has 0 spiro atoms. The number of hydrogen-bond acceptors (Lipinski definition) is 3. The van der Waals surface area contributed by atoms with E-state index in [2.05, 4.69) is 5.32 Å². The Bertz CT molecular complexity index is 375. The predicted molar refractivity (Wildman–Crippen MR) is 69.8 cm³/mol. The number of carbonyl (C=O) groups excluding carboxylic acids is 1. The zero-order valence-electron chi connectivity index (χ0n) is 10.9. The van der Waals surface area contributed by atoms with Crippen LogP contribution in [0.2, 0.25) is 0 Å². The van der Waals surface area contributed by atoms with Crippen LogP contribution in [-0.4, -0.2) is 12.5 Å². The van der Waals surface area contributed by atoms with E-state index in [0.717, 1.165) is 25.0 Å². The molecule has 1 aliphatic carbocycles.